The number of aliphatic imine (C=N–C) groups is 1. The van der Waals surface area contributed by atoms with Crippen molar-refractivity contribution in [1.82, 2.24) is 40.4 Å². The molecule has 2 saturated heterocycles. The standard InChI is InChI=1S/C31H34N10O/c1-40-7-9-41(10-8-40)25-6-5-23-27(37-23)29-28(25)38-30(39-29)26-22-12-20(14-34-24(22)16-33-17-35-26)19-11-21(15-32-13-19)36-31(42)18-3-2-4-18/h5-6,11-15,18,27,33,37H,2-4,7-10,16-17H2,1H3,(H,36,42)(H,38,39). The summed E-state index contributed by atoms with van der Waals surface area (Å²) >= 11 is 0. The van der Waals surface area contributed by atoms with Crippen molar-refractivity contribution in [2.45, 2.75) is 31.8 Å². The first-order valence-electron chi connectivity index (χ1n) is 14.8. The summed E-state index contributed by atoms with van der Waals surface area (Å²) < 4.78 is 0. The Morgan fingerprint density at radius 2 is 1.90 bits per heavy atom. The molecular weight excluding hydrogens is 528 g/mol. The zero-order valence-corrected chi connectivity index (χ0v) is 23.7. The van der Waals surface area contributed by atoms with Crippen molar-refractivity contribution >= 4 is 23.0 Å². The van der Waals surface area contributed by atoms with Gasteiger partial charge in [-0.25, -0.2) is 4.98 Å². The number of hydrogen-bond acceptors (Lipinski definition) is 9. The molecule has 8 rings (SSSR count). The lowest BCUT2D eigenvalue weighted by atomic mass is 9.85. The highest BCUT2D eigenvalue weighted by atomic mass is 16.1. The summed E-state index contributed by atoms with van der Waals surface area (Å²) in [6.45, 7) is 5.10. The number of aromatic nitrogens is 4. The number of allylic oxidation sites excluding steroid dienone is 2. The Morgan fingerprint density at radius 1 is 1.05 bits per heavy atom. The van der Waals surface area contributed by atoms with Gasteiger partial charge in [0.25, 0.3) is 0 Å². The van der Waals surface area contributed by atoms with Crippen LogP contribution in [0.3, 0.4) is 0 Å². The Labute approximate surface area is 244 Å². The van der Waals surface area contributed by atoms with E-state index in [1.54, 1.807) is 6.20 Å². The number of nitrogens with zero attached hydrogens (tertiary/aromatic N) is 6. The molecule has 0 aromatic carbocycles. The largest absolute Gasteiger partial charge is 0.373 e. The number of imidazole rings is 1. The van der Waals surface area contributed by atoms with Crippen LogP contribution in [-0.4, -0.2) is 81.2 Å². The van der Waals surface area contributed by atoms with E-state index in [4.69, 9.17) is 15.0 Å². The summed E-state index contributed by atoms with van der Waals surface area (Å²) in [4.78, 5) is 40.4. The molecule has 214 valence electrons. The minimum Gasteiger partial charge on any atom is -0.373 e. The molecule has 0 bridgehead atoms. The van der Waals surface area contributed by atoms with E-state index in [2.05, 4.69) is 61.0 Å². The molecule has 5 aliphatic rings. The molecule has 3 aromatic heterocycles. The summed E-state index contributed by atoms with van der Waals surface area (Å²) in [5.41, 5.74) is 9.60. The molecule has 0 radical (unpaired) electrons. The predicted octanol–water partition coefficient (Wildman–Crippen LogP) is 2.63. The number of hydrogen-bond donors (Lipinski definition) is 4. The van der Waals surface area contributed by atoms with Crippen LogP contribution in [0.5, 0.6) is 0 Å². The number of rotatable bonds is 5. The molecule has 3 aromatic rings. The normalized spacial score (nSPS) is 21.7. The zero-order chi connectivity index (χ0) is 28.2. The van der Waals surface area contributed by atoms with Crippen molar-refractivity contribution in [2.24, 2.45) is 10.9 Å². The number of likely N-dealkylation sites (N-methyl/N-ethyl adjacent to an activating group) is 1. The monoisotopic (exact) mass is 562 g/mol. The Hall–Kier alpha value is -4.35. The zero-order valence-electron chi connectivity index (χ0n) is 23.7. The molecule has 4 N–H and O–H groups in total. The minimum atomic E-state index is 0.0754. The van der Waals surface area contributed by atoms with E-state index < -0.39 is 0 Å². The van der Waals surface area contributed by atoms with Gasteiger partial charge < -0.3 is 25.4 Å². The van der Waals surface area contributed by atoms with Crippen molar-refractivity contribution in [3.05, 3.63) is 77.0 Å². The molecule has 3 aliphatic heterocycles. The summed E-state index contributed by atoms with van der Waals surface area (Å²) in [6, 6.07) is 4.24. The Balaban J connectivity index is 1.13. The summed E-state index contributed by atoms with van der Waals surface area (Å²) in [6.07, 6.45) is 12.8. The maximum atomic E-state index is 12.5. The number of piperazine rings is 1. The van der Waals surface area contributed by atoms with Crippen LogP contribution in [0.1, 0.15) is 53.8 Å². The van der Waals surface area contributed by atoms with Crippen LogP contribution in [0, 0.1) is 5.92 Å². The number of amides is 1. The van der Waals surface area contributed by atoms with Crippen molar-refractivity contribution < 1.29 is 4.79 Å². The van der Waals surface area contributed by atoms with Crippen molar-refractivity contribution in [1.29, 1.82) is 0 Å². The van der Waals surface area contributed by atoms with Gasteiger partial charge in [0, 0.05) is 73.4 Å². The fourth-order valence-electron chi connectivity index (χ4n) is 6.12. The highest BCUT2D eigenvalue weighted by Crippen LogP contribution is 2.40. The fraction of sp³-hybridized carbons (Fsp3) is 0.387. The summed E-state index contributed by atoms with van der Waals surface area (Å²) in [7, 11) is 2.17. The molecule has 11 heteroatoms. The molecule has 1 atom stereocenters. The van der Waals surface area contributed by atoms with Gasteiger partial charge in [0.2, 0.25) is 5.91 Å². The second kappa shape index (κ2) is 10.2. The lowest BCUT2D eigenvalue weighted by Crippen LogP contribution is -2.43. The average Bonchev–Trinajstić information content (AvgIpc) is 3.69. The maximum absolute atomic E-state index is 12.5. The van der Waals surface area contributed by atoms with Crippen LogP contribution in [0.4, 0.5) is 5.69 Å². The van der Waals surface area contributed by atoms with Crippen LogP contribution >= 0.6 is 0 Å². The van der Waals surface area contributed by atoms with Crippen molar-refractivity contribution in [3.63, 3.8) is 0 Å². The van der Waals surface area contributed by atoms with Crippen LogP contribution in [0.25, 0.3) is 16.8 Å². The predicted molar refractivity (Wildman–Crippen MR) is 160 cm³/mol. The van der Waals surface area contributed by atoms with Gasteiger partial charge in [-0.05, 0) is 44.2 Å². The lowest BCUT2D eigenvalue weighted by Gasteiger charge is -2.35. The number of pyridine rings is 2. The molecule has 2 aliphatic carbocycles. The van der Waals surface area contributed by atoms with Crippen LogP contribution in [0.2, 0.25) is 0 Å². The molecule has 3 fully saturated rings. The first-order valence-corrected chi connectivity index (χ1v) is 14.8. The van der Waals surface area contributed by atoms with Gasteiger partial charge in [-0.1, -0.05) is 6.42 Å². The second-order valence-corrected chi connectivity index (χ2v) is 11.8. The molecule has 1 saturated carbocycles. The van der Waals surface area contributed by atoms with E-state index >= 15 is 0 Å². The third kappa shape index (κ3) is 4.58. The number of fused-ring (bicyclic) bond motifs is 4. The number of aromatic amines is 1. The van der Waals surface area contributed by atoms with E-state index in [-0.39, 0.29) is 17.9 Å². The first kappa shape index (κ1) is 25.4. The van der Waals surface area contributed by atoms with E-state index in [0.29, 0.717) is 18.9 Å². The molecular formula is C31H34N10O. The Morgan fingerprint density at radius 3 is 2.74 bits per heavy atom. The van der Waals surface area contributed by atoms with Crippen LogP contribution in [-0.2, 0) is 11.3 Å². The van der Waals surface area contributed by atoms with E-state index in [1.807, 2.05) is 18.5 Å². The van der Waals surface area contributed by atoms with Gasteiger partial charge in [-0.3, -0.25) is 25.1 Å². The Kier molecular flexibility index (Phi) is 6.15. The fourth-order valence-corrected chi connectivity index (χ4v) is 6.12. The van der Waals surface area contributed by atoms with E-state index in [0.717, 1.165) is 96.4 Å². The number of H-pyrrole nitrogens is 1. The van der Waals surface area contributed by atoms with Gasteiger partial charge in [0.15, 0.2) is 5.82 Å². The SMILES string of the molecule is CN1CCN(C2=CC=C3NC3c3[nH]c(C4=NCNCc5ncc(-c6cncc(NC(=O)C7CCC7)c6)cc54)nc32)CC1. The van der Waals surface area contributed by atoms with Crippen molar-refractivity contribution in [3.8, 4) is 11.1 Å². The first-order chi connectivity index (χ1) is 20.6. The third-order valence-electron chi connectivity index (χ3n) is 8.97. The molecule has 1 amide bonds. The number of anilines is 1. The van der Waals surface area contributed by atoms with E-state index in [1.165, 1.54) is 5.70 Å². The van der Waals surface area contributed by atoms with Crippen molar-refractivity contribution in [2.75, 3.05) is 45.2 Å². The lowest BCUT2D eigenvalue weighted by molar-refractivity contribution is -0.122. The topological polar surface area (TPSA) is 136 Å². The molecule has 11 nitrogen and oxygen atoms in total. The Bertz CT molecular complexity index is 1660. The van der Waals surface area contributed by atoms with Crippen LogP contribution in [0.15, 0.2) is 53.6 Å². The molecule has 42 heavy (non-hydrogen) atoms. The number of carbonyl (C=O) groups excluding carboxylic acids is 1. The highest BCUT2D eigenvalue weighted by molar-refractivity contribution is 6.12. The smallest absolute Gasteiger partial charge is 0.227 e. The second-order valence-electron chi connectivity index (χ2n) is 11.8. The molecule has 1 unspecified atom stereocenters. The van der Waals surface area contributed by atoms with Gasteiger partial charge in [0.1, 0.15) is 17.4 Å². The highest BCUT2D eigenvalue weighted by Gasteiger charge is 2.39. The molecule has 0 spiro atoms. The van der Waals surface area contributed by atoms with Gasteiger partial charge in [-0.15, -0.1) is 0 Å². The average molecular weight is 563 g/mol. The van der Waals surface area contributed by atoms with E-state index in [9.17, 15) is 4.79 Å². The number of carbonyl (C=O) groups is 1. The number of nitrogens with one attached hydrogen (secondary N) is 4. The summed E-state index contributed by atoms with van der Waals surface area (Å²) in [5.74, 6) is 0.937. The van der Waals surface area contributed by atoms with Gasteiger partial charge in [0.05, 0.1) is 35.6 Å². The summed E-state index contributed by atoms with van der Waals surface area (Å²) in [5, 5.41) is 9.90. The maximum Gasteiger partial charge on any atom is 0.227 e. The minimum absolute atomic E-state index is 0.0754. The van der Waals surface area contributed by atoms with Crippen LogP contribution < -0.4 is 16.0 Å². The third-order valence-corrected chi connectivity index (χ3v) is 8.97. The van der Waals surface area contributed by atoms with Gasteiger partial charge >= 0.3 is 0 Å². The van der Waals surface area contributed by atoms with Gasteiger partial charge in [-0.2, -0.15) is 0 Å². The quantitative estimate of drug-likeness (QED) is 0.349. The molecule has 6 heterocycles.